The minimum atomic E-state index is -0.835. The van der Waals surface area contributed by atoms with Crippen molar-refractivity contribution in [3.63, 3.8) is 0 Å². The van der Waals surface area contributed by atoms with E-state index in [1.54, 1.807) is 20.8 Å². The van der Waals surface area contributed by atoms with Gasteiger partial charge in [0, 0.05) is 10.5 Å². The summed E-state index contributed by atoms with van der Waals surface area (Å²) < 4.78 is 5.83. The molecule has 0 aliphatic rings. The van der Waals surface area contributed by atoms with Crippen molar-refractivity contribution in [2.45, 2.75) is 59.6 Å². The van der Waals surface area contributed by atoms with Crippen molar-refractivity contribution in [1.29, 1.82) is 0 Å². The fourth-order valence-electron chi connectivity index (χ4n) is 1.74. The number of alkyl halides is 1. The normalized spacial score (nSPS) is 15.3. The lowest BCUT2D eigenvalue weighted by Gasteiger charge is -2.30. The Morgan fingerprint density at radius 2 is 1.70 bits per heavy atom. The second kappa shape index (κ2) is 7.47. The van der Waals surface area contributed by atoms with Crippen molar-refractivity contribution in [3.05, 3.63) is 0 Å². The van der Waals surface area contributed by atoms with Crippen LogP contribution in [0.4, 0.5) is 4.79 Å². The van der Waals surface area contributed by atoms with E-state index < -0.39 is 23.6 Å². The molecule has 0 aromatic rings. The van der Waals surface area contributed by atoms with Crippen LogP contribution >= 0.6 is 22.6 Å². The molecule has 1 unspecified atom stereocenters. The first kappa shape index (κ1) is 19.5. The molecule has 0 aliphatic carbocycles. The Morgan fingerprint density at radius 1 is 1.20 bits per heavy atom. The third-order valence-electron chi connectivity index (χ3n) is 2.77. The highest BCUT2D eigenvalue weighted by atomic mass is 127. The Kier molecular flexibility index (Phi) is 7.27. The van der Waals surface area contributed by atoms with Gasteiger partial charge >= 0.3 is 12.1 Å². The van der Waals surface area contributed by atoms with Crippen LogP contribution in [0.3, 0.4) is 0 Å². The molecule has 6 heteroatoms. The fraction of sp³-hybridized carbons (Fsp3) is 0.857. The van der Waals surface area contributed by atoms with Gasteiger partial charge in [-0.15, -0.1) is 0 Å². The molecular weight excluding hydrogens is 373 g/mol. The number of carboxylic acid groups (broad SMARTS) is 1. The number of alkyl carbamates (subject to hydrolysis) is 1. The van der Waals surface area contributed by atoms with Crippen molar-refractivity contribution in [3.8, 4) is 0 Å². The lowest BCUT2D eigenvalue weighted by atomic mass is 9.77. The number of carboxylic acids is 1. The third-order valence-corrected chi connectivity index (χ3v) is 3.83. The Bertz CT molecular complexity index is 344. The number of hydrogen-bond acceptors (Lipinski definition) is 3. The van der Waals surface area contributed by atoms with Gasteiger partial charge in [-0.2, -0.15) is 0 Å². The van der Waals surface area contributed by atoms with Crippen LogP contribution in [0.1, 0.15) is 48.0 Å². The van der Waals surface area contributed by atoms with Gasteiger partial charge < -0.3 is 15.2 Å². The maximum atomic E-state index is 11.7. The predicted molar refractivity (Wildman–Crippen MR) is 87.2 cm³/mol. The maximum Gasteiger partial charge on any atom is 0.407 e. The summed E-state index contributed by atoms with van der Waals surface area (Å²) in [5, 5.41) is 12.1. The largest absolute Gasteiger partial charge is 0.481 e. The fourth-order valence-corrected chi connectivity index (χ4v) is 2.32. The topological polar surface area (TPSA) is 75.6 Å². The molecule has 2 N–H and O–H groups in total. The first-order chi connectivity index (χ1) is 8.86. The molecule has 5 nitrogen and oxygen atoms in total. The molecule has 0 saturated carbocycles. The zero-order valence-electron chi connectivity index (χ0n) is 13.1. The van der Waals surface area contributed by atoms with E-state index in [1.807, 2.05) is 20.8 Å². The molecule has 1 amide bonds. The lowest BCUT2D eigenvalue weighted by Crippen LogP contribution is -2.43. The van der Waals surface area contributed by atoms with E-state index in [4.69, 9.17) is 4.74 Å². The first-order valence-corrected chi connectivity index (χ1v) is 8.17. The van der Waals surface area contributed by atoms with Crippen LogP contribution in [0.25, 0.3) is 0 Å². The summed E-state index contributed by atoms with van der Waals surface area (Å²) in [6, 6.07) is -0.217. The Labute approximate surface area is 135 Å². The molecule has 0 saturated heterocycles. The van der Waals surface area contributed by atoms with Crippen molar-refractivity contribution >= 4 is 34.7 Å². The van der Waals surface area contributed by atoms with Gasteiger partial charge in [0.1, 0.15) is 5.60 Å². The Balaban J connectivity index is 4.69. The van der Waals surface area contributed by atoms with E-state index in [2.05, 4.69) is 27.9 Å². The molecule has 0 aromatic carbocycles. The standard InChI is InChI=1S/C14H26INO4/c1-13(2,3)10(11(17)18)7-9(8-15)16-12(19)20-14(4,5)6/h9-10H,7-8H2,1-6H3,(H,16,19)(H,17,18)/t9-,10?/m1/s1. The van der Waals surface area contributed by atoms with Gasteiger partial charge in [-0.05, 0) is 32.6 Å². The van der Waals surface area contributed by atoms with Crippen LogP contribution in [0.2, 0.25) is 0 Å². The van der Waals surface area contributed by atoms with Gasteiger partial charge in [0.2, 0.25) is 0 Å². The summed E-state index contributed by atoms with van der Waals surface area (Å²) in [4.78, 5) is 23.1. The summed E-state index contributed by atoms with van der Waals surface area (Å²) in [7, 11) is 0. The summed E-state index contributed by atoms with van der Waals surface area (Å²) in [6.45, 7) is 11.1. The zero-order valence-corrected chi connectivity index (χ0v) is 15.3. The van der Waals surface area contributed by atoms with Gasteiger partial charge in [0.15, 0.2) is 0 Å². The number of rotatable bonds is 5. The predicted octanol–water partition coefficient (Wildman–Crippen LogP) is 3.45. The van der Waals surface area contributed by atoms with E-state index in [0.717, 1.165) is 0 Å². The highest BCUT2D eigenvalue weighted by molar-refractivity contribution is 14.1. The number of ether oxygens (including phenoxy) is 1. The highest BCUT2D eigenvalue weighted by Crippen LogP contribution is 2.30. The van der Waals surface area contributed by atoms with Crippen LogP contribution < -0.4 is 5.32 Å². The second-order valence-electron chi connectivity index (χ2n) is 6.99. The van der Waals surface area contributed by atoms with Crippen molar-refractivity contribution in [2.24, 2.45) is 11.3 Å². The summed E-state index contributed by atoms with van der Waals surface area (Å²) >= 11 is 2.14. The Morgan fingerprint density at radius 3 is 2.00 bits per heavy atom. The molecule has 0 rings (SSSR count). The number of hydrogen-bond donors (Lipinski definition) is 2. The average Bonchev–Trinajstić information content (AvgIpc) is 2.18. The molecule has 20 heavy (non-hydrogen) atoms. The van der Waals surface area contributed by atoms with E-state index in [0.29, 0.717) is 10.8 Å². The molecule has 0 aromatic heterocycles. The lowest BCUT2D eigenvalue weighted by molar-refractivity contribution is -0.146. The smallest absolute Gasteiger partial charge is 0.407 e. The number of carbonyl (C=O) groups excluding carboxylic acids is 1. The van der Waals surface area contributed by atoms with Gasteiger partial charge in [0.25, 0.3) is 0 Å². The van der Waals surface area contributed by atoms with E-state index in [9.17, 15) is 14.7 Å². The number of nitrogens with one attached hydrogen (secondary N) is 1. The van der Waals surface area contributed by atoms with Crippen LogP contribution in [0.15, 0.2) is 0 Å². The molecule has 0 bridgehead atoms. The van der Waals surface area contributed by atoms with Gasteiger partial charge in [-0.1, -0.05) is 43.4 Å². The van der Waals surface area contributed by atoms with E-state index >= 15 is 0 Å². The maximum absolute atomic E-state index is 11.7. The van der Waals surface area contributed by atoms with E-state index in [1.165, 1.54) is 0 Å². The summed E-state index contributed by atoms with van der Waals surface area (Å²) in [5.74, 6) is -1.35. The van der Waals surface area contributed by atoms with Gasteiger partial charge in [-0.25, -0.2) is 4.79 Å². The first-order valence-electron chi connectivity index (χ1n) is 6.65. The number of aliphatic carboxylic acids is 1. The minimum Gasteiger partial charge on any atom is -0.481 e. The Hall–Kier alpha value is -0.530. The van der Waals surface area contributed by atoms with Gasteiger partial charge in [0.05, 0.1) is 5.92 Å². The van der Waals surface area contributed by atoms with Crippen LogP contribution in [0.5, 0.6) is 0 Å². The van der Waals surface area contributed by atoms with Crippen molar-refractivity contribution in [1.82, 2.24) is 5.32 Å². The highest BCUT2D eigenvalue weighted by Gasteiger charge is 2.34. The average molecular weight is 399 g/mol. The molecular formula is C14H26INO4. The van der Waals surface area contributed by atoms with Crippen LogP contribution in [0, 0.1) is 11.3 Å². The van der Waals surface area contributed by atoms with Crippen LogP contribution in [-0.2, 0) is 9.53 Å². The summed E-state index contributed by atoms with van der Waals surface area (Å²) in [5.41, 5.74) is -0.915. The van der Waals surface area contributed by atoms with Crippen LogP contribution in [-0.4, -0.2) is 33.2 Å². The molecule has 118 valence electrons. The summed E-state index contributed by atoms with van der Waals surface area (Å²) in [6.07, 6.45) is -0.113. The van der Waals surface area contributed by atoms with Gasteiger partial charge in [-0.3, -0.25) is 4.79 Å². The molecule has 0 heterocycles. The molecule has 0 fully saturated rings. The minimum absolute atomic E-state index is 0.217. The molecule has 2 atom stereocenters. The molecule has 0 spiro atoms. The van der Waals surface area contributed by atoms with Crippen molar-refractivity contribution in [2.75, 3.05) is 4.43 Å². The number of carbonyl (C=O) groups is 2. The molecule has 0 aliphatic heterocycles. The van der Waals surface area contributed by atoms with Crippen molar-refractivity contribution < 1.29 is 19.4 Å². The third kappa shape index (κ3) is 7.91. The zero-order chi connectivity index (χ0) is 16.1. The monoisotopic (exact) mass is 399 g/mol. The van der Waals surface area contributed by atoms with E-state index in [-0.39, 0.29) is 11.5 Å². The molecule has 0 radical (unpaired) electrons. The quantitative estimate of drug-likeness (QED) is 0.549. The SMILES string of the molecule is CC(C)(C)OC(=O)N[C@@H](CI)CC(C(=O)O)C(C)(C)C. The second-order valence-corrected chi connectivity index (χ2v) is 7.87. The number of halogens is 1. The number of amides is 1.